The van der Waals surface area contributed by atoms with Crippen molar-refractivity contribution in [3.05, 3.63) is 86.9 Å². The molecule has 0 aromatic heterocycles. The molecule has 34 heavy (non-hydrogen) atoms. The Morgan fingerprint density at radius 3 is 2.38 bits per heavy atom. The summed E-state index contributed by atoms with van der Waals surface area (Å²) in [6.07, 6.45) is 1.15. The highest BCUT2D eigenvalue weighted by Gasteiger charge is 2.37. The molecule has 1 saturated heterocycles. The minimum absolute atomic E-state index is 1.07. The first-order chi connectivity index (χ1) is 16.4. The van der Waals surface area contributed by atoms with E-state index in [-0.39, 0.29) is 0 Å². The number of fused-ring (bicyclic) bond motifs is 3. The van der Waals surface area contributed by atoms with Gasteiger partial charge in [-0.1, -0.05) is 37.4 Å². The van der Waals surface area contributed by atoms with Crippen LogP contribution >= 0.6 is 0 Å². The third-order valence-electron chi connectivity index (χ3n) is 8.45. The van der Waals surface area contributed by atoms with Crippen molar-refractivity contribution in [2.24, 2.45) is 0 Å². The molecule has 0 bridgehead atoms. The normalized spacial score (nSPS) is 18.6. The minimum atomic E-state index is -1.90. The Balaban J connectivity index is 1.71. The molecule has 0 amide bonds. The summed E-state index contributed by atoms with van der Waals surface area (Å²) in [5.41, 5.74) is 9.99. The molecule has 1 N–H and O–H groups in total. The summed E-state index contributed by atoms with van der Waals surface area (Å²) in [7, 11) is 0.354. The van der Waals surface area contributed by atoms with E-state index in [2.05, 4.69) is 97.3 Å². The van der Waals surface area contributed by atoms with Crippen molar-refractivity contribution in [2.75, 3.05) is 44.7 Å². The third kappa shape index (κ3) is 3.23. The molecule has 174 valence electrons. The summed E-state index contributed by atoms with van der Waals surface area (Å²) in [6, 6.07) is 19.3. The van der Waals surface area contributed by atoms with E-state index in [1.165, 1.54) is 49.7 Å². The standard InChI is InChI=1S/C30H36N3Si/c1-20-7-6-8-21(2)29(20)30-24-10-9-23(33-15-12-31-13-16-33)18-27(24)34(4,5)28-19-26-22(17-25(28)30)11-14-32(26)3/h6-10,17-19,31H,11-16H2,1-5H3/q+1. The first kappa shape index (κ1) is 21.8. The predicted octanol–water partition coefficient (Wildman–Crippen LogP) is 1.77. The zero-order valence-electron chi connectivity index (χ0n) is 21.3. The number of anilines is 1. The van der Waals surface area contributed by atoms with Crippen LogP contribution in [0.25, 0.3) is 5.57 Å². The van der Waals surface area contributed by atoms with Gasteiger partial charge in [0, 0.05) is 49.9 Å². The average molecular weight is 467 g/mol. The molecule has 3 aromatic carbocycles. The summed E-state index contributed by atoms with van der Waals surface area (Å²) in [5.74, 6) is 0. The largest absolute Gasteiger partial charge is 0.369 e. The molecule has 0 atom stereocenters. The molecule has 6 rings (SSSR count). The van der Waals surface area contributed by atoms with Gasteiger partial charge >= 0.3 is 0 Å². The summed E-state index contributed by atoms with van der Waals surface area (Å²) in [4.78, 5) is 2.56. The van der Waals surface area contributed by atoms with Gasteiger partial charge in [0.1, 0.15) is 21.7 Å². The van der Waals surface area contributed by atoms with Crippen molar-refractivity contribution < 1.29 is 0 Å². The minimum Gasteiger partial charge on any atom is -0.369 e. The van der Waals surface area contributed by atoms with E-state index in [4.69, 9.17) is 0 Å². The van der Waals surface area contributed by atoms with E-state index in [9.17, 15) is 0 Å². The molecule has 0 spiro atoms. The average Bonchev–Trinajstić information content (AvgIpc) is 3.20. The zero-order valence-corrected chi connectivity index (χ0v) is 22.3. The number of rotatable bonds is 2. The van der Waals surface area contributed by atoms with Gasteiger partial charge in [0.2, 0.25) is 5.36 Å². The van der Waals surface area contributed by atoms with Crippen LogP contribution in [0, 0.1) is 13.8 Å². The van der Waals surface area contributed by atoms with Crippen molar-refractivity contribution in [1.82, 2.24) is 9.89 Å². The number of piperazine rings is 1. The van der Waals surface area contributed by atoms with Gasteiger partial charge in [0.15, 0.2) is 0 Å². The quantitative estimate of drug-likeness (QED) is 0.458. The lowest BCUT2D eigenvalue weighted by molar-refractivity contribution is 0.589. The molecule has 0 radical (unpaired) electrons. The fraction of sp³-hybridized carbons (Fsp3) is 0.367. The molecule has 0 aliphatic carbocycles. The lowest BCUT2D eigenvalue weighted by Gasteiger charge is -2.36. The lowest BCUT2D eigenvalue weighted by Crippen LogP contribution is -2.64. The Kier molecular flexibility index (Phi) is 5.09. The highest BCUT2D eigenvalue weighted by atomic mass is 28.3. The second-order valence-corrected chi connectivity index (χ2v) is 15.3. The van der Waals surface area contributed by atoms with Crippen molar-refractivity contribution >= 4 is 29.7 Å². The SMILES string of the molecule is Cc1cccc(C)c1C1=c2cc3c(cc2[Si](C)(C)c2cc(N4CCNCC4)ccc21)=[N+](C)CC3. The van der Waals surface area contributed by atoms with E-state index in [1.54, 1.807) is 10.4 Å². The smallest absolute Gasteiger partial charge is 0.203 e. The van der Waals surface area contributed by atoms with Crippen LogP contribution in [0.15, 0.2) is 48.5 Å². The molecule has 3 aliphatic heterocycles. The van der Waals surface area contributed by atoms with Crippen molar-refractivity contribution in [2.45, 2.75) is 33.4 Å². The van der Waals surface area contributed by atoms with Crippen molar-refractivity contribution in [3.8, 4) is 0 Å². The van der Waals surface area contributed by atoms with Gasteiger partial charge in [-0.2, -0.15) is 0 Å². The summed E-state index contributed by atoms with van der Waals surface area (Å²) >= 11 is 0. The Morgan fingerprint density at radius 1 is 0.912 bits per heavy atom. The fourth-order valence-corrected chi connectivity index (χ4v) is 9.53. The van der Waals surface area contributed by atoms with Gasteiger partial charge in [-0.05, 0) is 75.5 Å². The monoisotopic (exact) mass is 466 g/mol. The van der Waals surface area contributed by atoms with Gasteiger partial charge in [-0.25, -0.2) is 4.58 Å². The van der Waals surface area contributed by atoms with Gasteiger partial charge < -0.3 is 10.2 Å². The molecule has 1 fully saturated rings. The number of aryl methyl sites for hydroxylation is 2. The maximum absolute atomic E-state index is 3.50. The maximum atomic E-state index is 3.50. The molecule has 3 aromatic rings. The second-order valence-electron chi connectivity index (χ2n) is 10.9. The van der Waals surface area contributed by atoms with Crippen LogP contribution in [-0.2, 0) is 6.42 Å². The number of nitrogens with one attached hydrogen (secondary N) is 1. The predicted molar refractivity (Wildman–Crippen MR) is 147 cm³/mol. The van der Waals surface area contributed by atoms with Crippen molar-refractivity contribution in [3.63, 3.8) is 0 Å². The van der Waals surface area contributed by atoms with Crippen molar-refractivity contribution in [1.29, 1.82) is 0 Å². The Hall–Kier alpha value is -2.69. The van der Waals surface area contributed by atoms with E-state index >= 15 is 0 Å². The van der Waals surface area contributed by atoms with Gasteiger partial charge in [0.25, 0.3) is 0 Å². The Bertz CT molecular complexity index is 1420. The van der Waals surface area contributed by atoms with Crippen LogP contribution in [0.2, 0.25) is 13.1 Å². The molecule has 3 nitrogen and oxygen atoms in total. The molecule has 3 heterocycles. The number of likely N-dealkylation sites (N-methyl/N-ethyl adjacent to an activating group) is 1. The van der Waals surface area contributed by atoms with E-state index in [0.717, 1.165) is 39.1 Å². The zero-order chi connectivity index (χ0) is 23.6. The molecule has 4 heteroatoms. The Labute approximate surface area is 204 Å². The van der Waals surface area contributed by atoms with Gasteiger partial charge in [0.05, 0.1) is 0 Å². The summed E-state index contributed by atoms with van der Waals surface area (Å²) in [6.45, 7) is 15.1. The van der Waals surface area contributed by atoms with E-state index in [1.807, 2.05) is 0 Å². The number of benzene rings is 3. The van der Waals surface area contributed by atoms with Crippen LogP contribution in [0.5, 0.6) is 0 Å². The lowest BCUT2D eigenvalue weighted by atomic mass is 9.88. The van der Waals surface area contributed by atoms with Crippen LogP contribution in [0.4, 0.5) is 5.69 Å². The summed E-state index contributed by atoms with van der Waals surface area (Å²) in [5, 5.41) is 9.63. The maximum Gasteiger partial charge on any atom is 0.203 e. The highest BCUT2D eigenvalue weighted by Crippen LogP contribution is 2.31. The number of hydrogen-bond donors (Lipinski definition) is 1. The third-order valence-corrected chi connectivity index (χ3v) is 12.0. The molecular weight excluding hydrogens is 430 g/mol. The number of hydrogen-bond acceptors (Lipinski definition) is 2. The van der Waals surface area contributed by atoms with Gasteiger partial charge in [-0.15, -0.1) is 0 Å². The van der Waals surface area contributed by atoms with E-state index in [0.29, 0.717) is 0 Å². The molecule has 0 saturated carbocycles. The van der Waals surface area contributed by atoms with Gasteiger partial charge in [-0.3, -0.25) is 0 Å². The van der Waals surface area contributed by atoms with Crippen LogP contribution in [0.1, 0.15) is 27.8 Å². The number of nitrogens with zero attached hydrogens (tertiary/aromatic N) is 2. The molecular formula is C30H36N3Si+. The Morgan fingerprint density at radius 2 is 1.65 bits per heavy atom. The fourth-order valence-electron chi connectivity index (χ4n) is 6.48. The second kappa shape index (κ2) is 7.93. The first-order valence-corrected chi connectivity index (χ1v) is 15.8. The molecule has 3 aliphatic rings. The summed E-state index contributed by atoms with van der Waals surface area (Å²) < 4.78 is 2.45. The first-order valence-electron chi connectivity index (χ1n) is 12.8. The topological polar surface area (TPSA) is 18.3 Å². The highest BCUT2D eigenvalue weighted by molar-refractivity contribution is 7.01. The molecule has 0 unspecified atom stereocenters. The van der Waals surface area contributed by atoms with Crippen LogP contribution in [-0.4, -0.2) is 47.8 Å². The van der Waals surface area contributed by atoms with Crippen LogP contribution in [0.3, 0.4) is 0 Å². The van der Waals surface area contributed by atoms with E-state index < -0.39 is 8.07 Å². The van der Waals surface area contributed by atoms with Crippen LogP contribution < -0.4 is 35.7 Å².